The van der Waals surface area contributed by atoms with Crippen LogP contribution < -0.4 is 9.99 Å². The summed E-state index contributed by atoms with van der Waals surface area (Å²) < 4.78 is 27.5. The summed E-state index contributed by atoms with van der Waals surface area (Å²) >= 11 is 5.97. The van der Waals surface area contributed by atoms with Crippen LogP contribution in [0.1, 0.15) is 18.1 Å². The largest absolute Gasteiger partial charge is 0.388 e. The molecule has 1 aliphatic heterocycles. The van der Waals surface area contributed by atoms with Gasteiger partial charge in [0.25, 0.3) is 10.0 Å². The molecule has 9 heteroatoms. The van der Waals surface area contributed by atoms with Gasteiger partial charge in [-0.1, -0.05) is 11.6 Å². The first kappa shape index (κ1) is 16.2. The Bertz CT molecular complexity index is 1140. The summed E-state index contributed by atoms with van der Waals surface area (Å²) in [5.41, 5.74) is 1.44. The highest BCUT2D eigenvalue weighted by Crippen LogP contribution is 2.38. The maximum atomic E-state index is 13.1. The minimum atomic E-state index is -3.85. The van der Waals surface area contributed by atoms with Crippen LogP contribution in [0.15, 0.2) is 46.1 Å². The Kier molecular flexibility index (Phi) is 3.64. The lowest BCUT2D eigenvalue weighted by Crippen LogP contribution is -2.36. The maximum Gasteiger partial charge on any atom is 0.323 e. The van der Waals surface area contributed by atoms with Gasteiger partial charge in [0, 0.05) is 17.1 Å². The average molecular weight is 380 g/mol. The molecular formula is C16H14ClN3O4S. The van der Waals surface area contributed by atoms with Crippen LogP contribution >= 0.6 is 11.6 Å². The highest BCUT2D eigenvalue weighted by atomic mass is 35.5. The van der Waals surface area contributed by atoms with Crippen molar-refractivity contribution >= 4 is 38.3 Å². The molecule has 1 aromatic heterocycles. The number of H-pyrrole nitrogens is 2. The quantitative estimate of drug-likeness (QED) is 0.634. The zero-order valence-electron chi connectivity index (χ0n) is 12.9. The van der Waals surface area contributed by atoms with Crippen molar-refractivity contribution in [3.05, 3.63) is 57.5 Å². The van der Waals surface area contributed by atoms with Gasteiger partial charge in [0.2, 0.25) is 0 Å². The third-order valence-electron chi connectivity index (χ3n) is 4.30. The van der Waals surface area contributed by atoms with Crippen LogP contribution in [0, 0.1) is 0 Å². The van der Waals surface area contributed by atoms with Crippen molar-refractivity contribution < 1.29 is 13.5 Å². The van der Waals surface area contributed by atoms with E-state index in [0.717, 1.165) is 0 Å². The van der Waals surface area contributed by atoms with E-state index in [1.807, 2.05) is 0 Å². The van der Waals surface area contributed by atoms with E-state index in [9.17, 15) is 18.3 Å². The highest BCUT2D eigenvalue weighted by molar-refractivity contribution is 7.92. The van der Waals surface area contributed by atoms with Crippen LogP contribution in [0.4, 0.5) is 5.69 Å². The number of rotatable bonds is 2. The Hall–Kier alpha value is -2.29. The summed E-state index contributed by atoms with van der Waals surface area (Å²) in [4.78, 5) is 16.6. The summed E-state index contributed by atoms with van der Waals surface area (Å²) in [6, 6.07) is 9.17. The molecule has 2 aromatic carbocycles. The van der Waals surface area contributed by atoms with Crippen molar-refractivity contribution in [2.24, 2.45) is 0 Å². The highest BCUT2D eigenvalue weighted by Gasteiger charge is 2.32. The zero-order valence-corrected chi connectivity index (χ0v) is 14.4. The molecule has 25 heavy (non-hydrogen) atoms. The third-order valence-corrected chi connectivity index (χ3v) is 6.34. The number of fused-ring (bicyclic) bond motifs is 2. The molecule has 4 rings (SSSR count). The zero-order chi connectivity index (χ0) is 17.8. The molecule has 3 aromatic rings. The molecule has 0 saturated carbocycles. The Morgan fingerprint density at radius 3 is 2.68 bits per heavy atom. The van der Waals surface area contributed by atoms with E-state index in [1.54, 1.807) is 24.3 Å². The van der Waals surface area contributed by atoms with Gasteiger partial charge in [0.05, 0.1) is 27.7 Å². The fraction of sp³-hybridized carbons (Fsp3) is 0.188. The molecular weight excluding hydrogens is 366 g/mol. The number of aromatic nitrogens is 2. The van der Waals surface area contributed by atoms with E-state index in [4.69, 9.17) is 11.6 Å². The van der Waals surface area contributed by atoms with Crippen molar-refractivity contribution in [2.75, 3.05) is 10.8 Å². The number of hydrogen-bond acceptors (Lipinski definition) is 4. The molecule has 0 aliphatic carbocycles. The first-order valence-electron chi connectivity index (χ1n) is 7.58. The normalized spacial score (nSPS) is 17.7. The van der Waals surface area contributed by atoms with Gasteiger partial charge < -0.3 is 15.1 Å². The lowest BCUT2D eigenvalue weighted by atomic mass is 10.0. The molecule has 1 aliphatic rings. The number of anilines is 1. The molecule has 130 valence electrons. The number of aliphatic hydroxyl groups is 1. The number of nitrogens with zero attached hydrogens (tertiary/aromatic N) is 1. The molecule has 7 nitrogen and oxygen atoms in total. The first-order chi connectivity index (χ1) is 11.9. The fourth-order valence-electron chi connectivity index (χ4n) is 3.08. The number of nitrogens with one attached hydrogen (secondary N) is 2. The van der Waals surface area contributed by atoms with Crippen LogP contribution in [0.2, 0.25) is 5.02 Å². The van der Waals surface area contributed by atoms with Crippen LogP contribution in [-0.4, -0.2) is 30.0 Å². The van der Waals surface area contributed by atoms with E-state index < -0.39 is 21.8 Å². The van der Waals surface area contributed by atoms with Gasteiger partial charge >= 0.3 is 5.69 Å². The molecule has 0 saturated heterocycles. The molecule has 0 amide bonds. The first-order valence-corrected chi connectivity index (χ1v) is 9.40. The number of hydrogen-bond donors (Lipinski definition) is 3. The van der Waals surface area contributed by atoms with Gasteiger partial charge in [-0.05, 0) is 42.8 Å². The monoisotopic (exact) mass is 379 g/mol. The van der Waals surface area contributed by atoms with Crippen LogP contribution in [-0.2, 0) is 10.0 Å². The SMILES string of the molecule is O=c1[nH]c2ccc(S(=O)(=O)N3CCC(O)c4cc(Cl)ccc43)cc2[nH]1. The molecule has 2 heterocycles. The summed E-state index contributed by atoms with van der Waals surface area (Å²) in [5.74, 6) is 0. The minimum Gasteiger partial charge on any atom is -0.388 e. The average Bonchev–Trinajstić information content (AvgIpc) is 2.94. The number of aromatic amines is 2. The van der Waals surface area contributed by atoms with E-state index in [0.29, 0.717) is 27.3 Å². The van der Waals surface area contributed by atoms with Gasteiger partial charge in [-0.2, -0.15) is 0 Å². The summed E-state index contributed by atoms with van der Waals surface area (Å²) in [5, 5.41) is 10.6. The van der Waals surface area contributed by atoms with E-state index >= 15 is 0 Å². The molecule has 1 unspecified atom stereocenters. The second-order valence-corrected chi connectivity index (χ2v) is 8.17. The van der Waals surface area contributed by atoms with E-state index in [2.05, 4.69) is 9.97 Å². The lowest BCUT2D eigenvalue weighted by Gasteiger charge is -2.33. The smallest absolute Gasteiger partial charge is 0.323 e. The van der Waals surface area contributed by atoms with Crippen molar-refractivity contribution in [3.63, 3.8) is 0 Å². The fourth-order valence-corrected chi connectivity index (χ4v) is 4.80. The predicted molar refractivity (Wildman–Crippen MR) is 94.5 cm³/mol. The van der Waals surface area contributed by atoms with E-state index in [1.165, 1.54) is 16.4 Å². The molecule has 0 bridgehead atoms. The predicted octanol–water partition coefficient (Wildman–Crippen LogP) is 2.14. The lowest BCUT2D eigenvalue weighted by molar-refractivity contribution is 0.166. The van der Waals surface area contributed by atoms with Crippen LogP contribution in [0.25, 0.3) is 11.0 Å². The van der Waals surface area contributed by atoms with E-state index in [-0.39, 0.29) is 17.9 Å². The van der Waals surface area contributed by atoms with Crippen molar-refractivity contribution in [1.82, 2.24) is 9.97 Å². The second kappa shape index (κ2) is 5.62. The minimum absolute atomic E-state index is 0.0625. The second-order valence-electron chi connectivity index (χ2n) is 5.87. The third kappa shape index (κ3) is 2.62. The molecule has 3 N–H and O–H groups in total. The van der Waals surface area contributed by atoms with Crippen molar-refractivity contribution in [3.8, 4) is 0 Å². The Labute approximate surface area is 147 Å². The molecule has 0 fully saturated rings. The van der Waals surface area contributed by atoms with Crippen molar-refractivity contribution in [1.29, 1.82) is 0 Å². The number of aliphatic hydroxyl groups excluding tert-OH is 1. The van der Waals surface area contributed by atoms with Gasteiger partial charge in [-0.3, -0.25) is 4.31 Å². The number of imidazole rings is 1. The Morgan fingerprint density at radius 2 is 1.88 bits per heavy atom. The van der Waals surface area contributed by atoms with Crippen LogP contribution in [0.5, 0.6) is 0 Å². The molecule has 0 radical (unpaired) electrons. The Balaban J connectivity index is 1.85. The van der Waals surface area contributed by atoms with Gasteiger partial charge in [-0.15, -0.1) is 0 Å². The maximum absolute atomic E-state index is 13.1. The molecule has 1 atom stereocenters. The standard InChI is InChI=1S/C16H14ClN3O4S/c17-9-1-4-14-11(7-9)15(21)5-6-20(14)25(23,24)10-2-3-12-13(8-10)19-16(22)18-12/h1-4,7-8,15,21H,5-6H2,(H2,18,19,22). The Morgan fingerprint density at radius 1 is 1.12 bits per heavy atom. The number of sulfonamides is 1. The molecule has 0 spiro atoms. The van der Waals surface area contributed by atoms with Crippen LogP contribution in [0.3, 0.4) is 0 Å². The number of benzene rings is 2. The number of halogens is 1. The van der Waals surface area contributed by atoms with Gasteiger partial charge in [0.1, 0.15) is 0 Å². The van der Waals surface area contributed by atoms with Crippen molar-refractivity contribution in [2.45, 2.75) is 17.4 Å². The van der Waals surface area contributed by atoms with Gasteiger partial charge in [-0.25, -0.2) is 13.2 Å². The summed E-state index contributed by atoms with van der Waals surface area (Å²) in [6.45, 7) is 0.153. The summed E-state index contributed by atoms with van der Waals surface area (Å²) in [7, 11) is -3.85. The summed E-state index contributed by atoms with van der Waals surface area (Å²) in [6.07, 6.45) is -0.487. The van der Waals surface area contributed by atoms with Gasteiger partial charge in [0.15, 0.2) is 0 Å². The topological polar surface area (TPSA) is 106 Å².